The van der Waals surface area contributed by atoms with E-state index in [9.17, 15) is 9.59 Å². The van der Waals surface area contributed by atoms with Crippen LogP contribution in [0.2, 0.25) is 0 Å². The number of carbonyl (C=O) groups is 2. The standard InChI is InChI=1S/C17H27N5O3/c1-17(2,3)25-16(24)21-8-5-6-13(7-9-21)22-11-12-10-20(4)19-14(12)18-15(22)23/h10,13H,5-9,11H2,1-4H3,(H,18,19,23). The summed E-state index contributed by atoms with van der Waals surface area (Å²) in [6.45, 7) is 7.44. The van der Waals surface area contributed by atoms with Gasteiger partial charge in [0.15, 0.2) is 5.82 Å². The fourth-order valence-electron chi connectivity index (χ4n) is 3.38. The van der Waals surface area contributed by atoms with Crippen LogP contribution in [0.4, 0.5) is 15.4 Å². The Hall–Kier alpha value is -2.25. The molecule has 0 spiro atoms. The van der Waals surface area contributed by atoms with Gasteiger partial charge in [0.05, 0.1) is 6.54 Å². The quantitative estimate of drug-likeness (QED) is 0.845. The molecule has 2 aliphatic rings. The Bertz CT molecular complexity index is 664. The summed E-state index contributed by atoms with van der Waals surface area (Å²) in [5.41, 5.74) is 0.530. The average molecular weight is 349 g/mol. The number of rotatable bonds is 1. The highest BCUT2D eigenvalue weighted by atomic mass is 16.6. The average Bonchev–Trinajstić information content (AvgIpc) is 2.70. The molecule has 1 atom stereocenters. The number of hydrogen-bond acceptors (Lipinski definition) is 4. The fourth-order valence-corrected chi connectivity index (χ4v) is 3.38. The summed E-state index contributed by atoms with van der Waals surface area (Å²) in [6, 6.07) is 0.00251. The van der Waals surface area contributed by atoms with E-state index in [0.717, 1.165) is 24.8 Å². The van der Waals surface area contributed by atoms with E-state index in [0.29, 0.717) is 25.5 Å². The second kappa shape index (κ2) is 6.57. The molecule has 1 fully saturated rings. The normalized spacial score (nSPS) is 21.4. The molecule has 0 saturated carbocycles. The first-order valence-electron chi connectivity index (χ1n) is 8.81. The van der Waals surface area contributed by atoms with Gasteiger partial charge in [-0.2, -0.15) is 5.10 Å². The predicted octanol–water partition coefficient (Wildman–Crippen LogP) is 2.56. The maximum absolute atomic E-state index is 12.4. The Labute approximate surface area is 148 Å². The highest BCUT2D eigenvalue weighted by molar-refractivity contribution is 5.91. The number of ether oxygens (including phenoxy) is 1. The lowest BCUT2D eigenvalue weighted by Crippen LogP contribution is -2.45. The summed E-state index contributed by atoms with van der Waals surface area (Å²) in [5, 5.41) is 7.12. The molecule has 1 aromatic rings. The van der Waals surface area contributed by atoms with Crippen molar-refractivity contribution in [2.75, 3.05) is 18.4 Å². The van der Waals surface area contributed by atoms with Crippen LogP contribution in [-0.4, -0.2) is 56.4 Å². The van der Waals surface area contributed by atoms with E-state index in [1.165, 1.54) is 0 Å². The van der Waals surface area contributed by atoms with Crippen molar-refractivity contribution < 1.29 is 14.3 Å². The molecular formula is C17H27N5O3. The van der Waals surface area contributed by atoms with Crippen LogP contribution in [0, 0.1) is 0 Å². The molecule has 2 aliphatic heterocycles. The van der Waals surface area contributed by atoms with Crippen LogP contribution in [0.5, 0.6) is 0 Å². The number of aromatic nitrogens is 2. The van der Waals surface area contributed by atoms with Gasteiger partial charge in [0.2, 0.25) is 0 Å². The minimum atomic E-state index is -0.494. The Morgan fingerprint density at radius 1 is 1.32 bits per heavy atom. The third-order valence-electron chi connectivity index (χ3n) is 4.52. The second-order valence-electron chi connectivity index (χ2n) is 7.79. The van der Waals surface area contributed by atoms with E-state index in [1.807, 2.05) is 38.9 Å². The van der Waals surface area contributed by atoms with Crippen molar-refractivity contribution in [2.45, 2.75) is 58.2 Å². The first kappa shape index (κ1) is 17.6. The molecule has 0 aromatic carbocycles. The summed E-state index contributed by atoms with van der Waals surface area (Å²) in [6.07, 6.45) is 4.15. The number of fused-ring (bicyclic) bond motifs is 1. The number of nitrogens with one attached hydrogen (secondary N) is 1. The zero-order chi connectivity index (χ0) is 18.2. The lowest BCUT2D eigenvalue weighted by Gasteiger charge is -2.33. The number of carbonyl (C=O) groups excluding carboxylic acids is 2. The number of hydrogen-bond donors (Lipinski definition) is 1. The zero-order valence-electron chi connectivity index (χ0n) is 15.4. The van der Waals surface area contributed by atoms with E-state index < -0.39 is 5.60 Å². The fraction of sp³-hybridized carbons (Fsp3) is 0.706. The number of amides is 3. The monoisotopic (exact) mass is 349 g/mol. The smallest absolute Gasteiger partial charge is 0.410 e. The minimum Gasteiger partial charge on any atom is -0.444 e. The van der Waals surface area contributed by atoms with Crippen LogP contribution in [0.1, 0.15) is 45.6 Å². The Balaban J connectivity index is 1.63. The van der Waals surface area contributed by atoms with Crippen molar-refractivity contribution in [3.8, 4) is 0 Å². The molecule has 1 N–H and O–H groups in total. The van der Waals surface area contributed by atoms with E-state index in [2.05, 4.69) is 10.4 Å². The summed E-state index contributed by atoms with van der Waals surface area (Å²) >= 11 is 0. The molecule has 1 saturated heterocycles. The molecule has 3 rings (SSSR count). The van der Waals surface area contributed by atoms with E-state index in [-0.39, 0.29) is 18.2 Å². The third kappa shape index (κ3) is 4.05. The molecule has 25 heavy (non-hydrogen) atoms. The van der Waals surface area contributed by atoms with E-state index in [1.54, 1.807) is 9.58 Å². The van der Waals surface area contributed by atoms with Gasteiger partial charge in [0.25, 0.3) is 0 Å². The van der Waals surface area contributed by atoms with Gasteiger partial charge in [-0.3, -0.25) is 10.00 Å². The largest absolute Gasteiger partial charge is 0.444 e. The Morgan fingerprint density at radius 3 is 2.80 bits per heavy atom. The summed E-state index contributed by atoms with van der Waals surface area (Å²) in [7, 11) is 1.85. The van der Waals surface area contributed by atoms with Crippen LogP contribution < -0.4 is 5.32 Å². The zero-order valence-corrected chi connectivity index (χ0v) is 15.4. The minimum absolute atomic E-state index is 0.109. The van der Waals surface area contributed by atoms with Gasteiger partial charge in [-0.15, -0.1) is 0 Å². The molecule has 138 valence electrons. The molecule has 0 aliphatic carbocycles. The number of aryl methyl sites for hydroxylation is 1. The summed E-state index contributed by atoms with van der Waals surface area (Å²) in [4.78, 5) is 28.3. The van der Waals surface area contributed by atoms with Gasteiger partial charge in [-0.05, 0) is 40.0 Å². The third-order valence-corrected chi connectivity index (χ3v) is 4.52. The SMILES string of the molecule is Cn1cc2c(n1)NC(=O)N(C1CCCN(C(=O)OC(C)(C)C)CC1)C2. The highest BCUT2D eigenvalue weighted by Crippen LogP contribution is 2.27. The van der Waals surface area contributed by atoms with Crippen LogP contribution in [0.3, 0.4) is 0 Å². The Kier molecular flexibility index (Phi) is 4.62. The van der Waals surface area contributed by atoms with E-state index >= 15 is 0 Å². The molecule has 3 heterocycles. The maximum Gasteiger partial charge on any atom is 0.410 e. The summed E-state index contributed by atoms with van der Waals surface area (Å²) in [5.74, 6) is 0.646. The Morgan fingerprint density at radius 2 is 2.08 bits per heavy atom. The predicted molar refractivity (Wildman–Crippen MR) is 93.2 cm³/mol. The second-order valence-corrected chi connectivity index (χ2v) is 7.79. The van der Waals surface area contributed by atoms with Crippen molar-refractivity contribution in [2.24, 2.45) is 7.05 Å². The van der Waals surface area contributed by atoms with Crippen molar-refractivity contribution in [1.29, 1.82) is 0 Å². The number of likely N-dealkylation sites (tertiary alicyclic amines) is 1. The van der Waals surface area contributed by atoms with Crippen LogP contribution in [0.25, 0.3) is 0 Å². The van der Waals surface area contributed by atoms with Gasteiger partial charge >= 0.3 is 12.1 Å². The molecular weight excluding hydrogens is 322 g/mol. The molecule has 8 heteroatoms. The van der Waals surface area contributed by atoms with Crippen molar-refractivity contribution in [3.05, 3.63) is 11.8 Å². The topological polar surface area (TPSA) is 79.7 Å². The first-order valence-corrected chi connectivity index (χ1v) is 8.81. The lowest BCUT2D eigenvalue weighted by molar-refractivity contribution is 0.0254. The lowest BCUT2D eigenvalue weighted by atomic mass is 10.1. The first-order chi connectivity index (χ1) is 11.7. The summed E-state index contributed by atoms with van der Waals surface area (Å²) < 4.78 is 7.18. The van der Waals surface area contributed by atoms with Crippen molar-refractivity contribution in [1.82, 2.24) is 19.6 Å². The van der Waals surface area contributed by atoms with Crippen LogP contribution in [0.15, 0.2) is 6.20 Å². The van der Waals surface area contributed by atoms with Gasteiger partial charge in [0, 0.05) is 37.9 Å². The molecule has 8 nitrogen and oxygen atoms in total. The maximum atomic E-state index is 12.4. The van der Waals surface area contributed by atoms with E-state index in [4.69, 9.17) is 4.74 Å². The van der Waals surface area contributed by atoms with Gasteiger partial charge in [0.1, 0.15) is 5.60 Å². The van der Waals surface area contributed by atoms with Crippen LogP contribution >= 0.6 is 0 Å². The number of nitrogens with zero attached hydrogens (tertiary/aromatic N) is 4. The molecule has 1 unspecified atom stereocenters. The van der Waals surface area contributed by atoms with Gasteiger partial charge < -0.3 is 14.5 Å². The molecule has 3 amide bonds. The van der Waals surface area contributed by atoms with Gasteiger partial charge in [-0.25, -0.2) is 9.59 Å². The number of anilines is 1. The van der Waals surface area contributed by atoms with Crippen LogP contribution in [-0.2, 0) is 18.3 Å². The molecule has 0 bridgehead atoms. The number of urea groups is 1. The van der Waals surface area contributed by atoms with Gasteiger partial charge in [-0.1, -0.05) is 0 Å². The van der Waals surface area contributed by atoms with Crippen molar-refractivity contribution >= 4 is 17.9 Å². The van der Waals surface area contributed by atoms with Crippen molar-refractivity contribution in [3.63, 3.8) is 0 Å². The molecule has 0 radical (unpaired) electrons. The molecule has 1 aromatic heterocycles. The highest BCUT2D eigenvalue weighted by Gasteiger charge is 2.33.